The molecule has 0 aliphatic heterocycles. The molecule has 0 saturated carbocycles. The van der Waals surface area contributed by atoms with Crippen LogP contribution in [0.25, 0.3) is 0 Å². The van der Waals surface area contributed by atoms with E-state index in [1.54, 1.807) is 11.8 Å². The summed E-state index contributed by atoms with van der Waals surface area (Å²) >= 11 is 0. The quantitative estimate of drug-likeness (QED) is 0.830. The van der Waals surface area contributed by atoms with Gasteiger partial charge in [-0.1, -0.05) is 54.1 Å². The molecule has 0 spiro atoms. The third-order valence-corrected chi connectivity index (χ3v) is 4.56. The van der Waals surface area contributed by atoms with Crippen LogP contribution >= 0.6 is 0 Å². The predicted octanol–water partition coefficient (Wildman–Crippen LogP) is 3.40. The van der Waals surface area contributed by atoms with Gasteiger partial charge < -0.3 is 10.2 Å². The summed E-state index contributed by atoms with van der Waals surface area (Å²) < 4.78 is 0. The number of carbonyl (C=O) groups is 2. The predicted molar refractivity (Wildman–Crippen MR) is 105 cm³/mol. The van der Waals surface area contributed by atoms with Crippen molar-refractivity contribution in [3.63, 3.8) is 0 Å². The highest BCUT2D eigenvalue weighted by atomic mass is 16.2. The Morgan fingerprint density at radius 1 is 1.08 bits per heavy atom. The van der Waals surface area contributed by atoms with Crippen molar-refractivity contribution in [2.45, 2.75) is 46.7 Å². The van der Waals surface area contributed by atoms with Crippen LogP contribution in [0.15, 0.2) is 48.5 Å². The first-order valence-electron chi connectivity index (χ1n) is 9.09. The van der Waals surface area contributed by atoms with Gasteiger partial charge >= 0.3 is 0 Å². The Balaban J connectivity index is 2.25. The summed E-state index contributed by atoms with van der Waals surface area (Å²) in [5.41, 5.74) is 4.24. The molecule has 1 atom stereocenters. The summed E-state index contributed by atoms with van der Waals surface area (Å²) in [6.07, 6.45) is 0.296. The lowest BCUT2D eigenvalue weighted by molar-refractivity contribution is -0.140. The Kier molecular flexibility index (Phi) is 6.96. The van der Waals surface area contributed by atoms with Crippen molar-refractivity contribution in [2.75, 3.05) is 6.54 Å². The van der Waals surface area contributed by atoms with E-state index < -0.39 is 6.04 Å². The number of rotatable bonds is 7. The van der Waals surface area contributed by atoms with Crippen LogP contribution in [0.4, 0.5) is 0 Å². The van der Waals surface area contributed by atoms with Crippen molar-refractivity contribution >= 4 is 11.8 Å². The zero-order valence-corrected chi connectivity index (χ0v) is 16.1. The number of nitrogens with zero attached hydrogens (tertiary/aromatic N) is 1. The standard InChI is InChI=1S/C22H28N2O2/c1-5-23-22(26)18(4)24(15-19-9-7-6-8-10-19)21(25)14-20-13-16(2)11-12-17(20)3/h6-13,18H,5,14-15H2,1-4H3,(H,23,26). The fourth-order valence-electron chi connectivity index (χ4n) is 2.94. The van der Waals surface area contributed by atoms with Crippen molar-refractivity contribution < 1.29 is 9.59 Å². The van der Waals surface area contributed by atoms with E-state index in [-0.39, 0.29) is 11.8 Å². The molecule has 2 aromatic carbocycles. The lowest BCUT2D eigenvalue weighted by atomic mass is 10.0. The molecule has 1 unspecified atom stereocenters. The van der Waals surface area contributed by atoms with Crippen molar-refractivity contribution in [1.29, 1.82) is 0 Å². The molecular weight excluding hydrogens is 324 g/mol. The Bertz CT molecular complexity index is 756. The summed E-state index contributed by atoms with van der Waals surface area (Å²) in [7, 11) is 0. The normalized spacial score (nSPS) is 11.7. The first kappa shape index (κ1) is 19.7. The highest BCUT2D eigenvalue weighted by Gasteiger charge is 2.26. The van der Waals surface area contributed by atoms with Gasteiger partial charge in [0.2, 0.25) is 11.8 Å². The lowest BCUT2D eigenvalue weighted by Gasteiger charge is -2.29. The number of hydrogen-bond acceptors (Lipinski definition) is 2. The van der Waals surface area contributed by atoms with Gasteiger partial charge in [-0.05, 0) is 44.4 Å². The molecule has 0 saturated heterocycles. The van der Waals surface area contributed by atoms with Crippen molar-refractivity contribution in [3.05, 3.63) is 70.8 Å². The van der Waals surface area contributed by atoms with E-state index in [1.807, 2.05) is 69.3 Å². The summed E-state index contributed by atoms with van der Waals surface area (Å²) in [6, 6.07) is 15.4. The average Bonchev–Trinajstić information content (AvgIpc) is 2.63. The van der Waals surface area contributed by atoms with Gasteiger partial charge in [0.1, 0.15) is 6.04 Å². The molecule has 4 heteroatoms. The molecule has 2 aromatic rings. The fraction of sp³-hybridized carbons (Fsp3) is 0.364. The number of likely N-dealkylation sites (N-methyl/N-ethyl adjacent to an activating group) is 1. The molecule has 0 bridgehead atoms. The van der Waals surface area contributed by atoms with Crippen molar-refractivity contribution in [2.24, 2.45) is 0 Å². The van der Waals surface area contributed by atoms with E-state index in [4.69, 9.17) is 0 Å². The number of carbonyl (C=O) groups excluding carboxylic acids is 2. The molecule has 138 valence electrons. The molecule has 1 N–H and O–H groups in total. The highest BCUT2D eigenvalue weighted by molar-refractivity contribution is 5.88. The molecule has 0 aromatic heterocycles. The Morgan fingerprint density at radius 2 is 1.77 bits per heavy atom. The molecule has 0 fully saturated rings. The van der Waals surface area contributed by atoms with Crippen LogP contribution in [-0.4, -0.2) is 29.3 Å². The number of amides is 2. The van der Waals surface area contributed by atoms with Crippen LogP contribution < -0.4 is 5.32 Å². The maximum Gasteiger partial charge on any atom is 0.242 e. The molecule has 26 heavy (non-hydrogen) atoms. The van der Waals surface area contributed by atoms with Crippen LogP contribution in [0.5, 0.6) is 0 Å². The van der Waals surface area contributed by atoms with Gasteiger partial charge in [0.05, 0.1) is 6.42 Å². The average molecular weight is 352 g/mol. The maximum atomic E-state index is 13.1. The van der Waals surface area contributed by atoms with E-state index in [0.29, 0.717) is 19.5 Å². The Labute approximate surface area is 156 Å². The minimum atomic E-state index is -0.521. The van der Waals surface area contributed by atoms with Crippen molar-refractivity contribution in [1.82, 2.24) is 10.2 Å². The molecular formula is C22H28N2O2. The number of nitrogens with one attached hydrogen (secondary N) is 1. The van der Waals surface area contributed by atoms with Gasteiger partial charge in [-0.25, -0.2) is 0 Å². The van der Waals surface area contributed by atoms with E-state index in [9.17, 15) is 9.59 Å². The second kappa shape index (κ2) is 9.18. The summed E-state index contributed by atoms with van der Waals surface area (Å²) in [5, 5.41) is 2.82. The van der Waals surface area contributed by atoms with Gasteiger partial charge in [0.25, 0.3) is 0 Å². The van der Waals surface area contributed by atoms with Crippen LogP contribution in [-0.2, 0) is 22.6 Å². The molecule has 4 nitrogen and oxygen atoms in total. The van der Waals surface area contributed by atoms with Gasteiger partial charge in [-0.15, -0.1) is 0 Å². The Morgan fingerprint density at radius 3 is 2.42 bits per heavy atom. The van der Waals surface area contributed by atoms with Gasteiger partial charge in [-0.3, -0.25) is 9.59 Å². The van der Waals surface area contributed by atoms with E-state index in [0.717, 1.165) is 22.3 Å². The van der Waals surface area contributed by atoms with E-state index in [1.165, 1.54) is 0 Å². The fourth-order valence-corrected chi connectivity index (χ4v) is 2.94. The summed E-state index contributed by atoms with van der Waals surface area (Å²) in [5.74, 6) is -0.168. The zero-order chi connectivity index (χ0) is 19.1. The third-order valence-electron chi connectivity index (χ3n) is 4.56. The largest absolute Gasteiger partial charge is 0.355 e. The second-order valence-corrected chi connectivity index (χ2v) is 6.68. The first-order valence-corrected chi connectivity index (χ1v) is 9.09. The number of hydrogen-bond donors (Lipinski definition) is 1. The molecule has 0 aliphatic carbocycles. The summed E-state index contributed by atoms with van der Waals surface area (Å²) in [6.45, 7) is 8.67. The van der Waals surface area contributed by atoms with Gasteiger partial charge in [0.15, 0.2) is 0 Å². The smallest absolute Gasteiger partial charge is 0.242 e. The number of aryl methyl sites for hydroxylation is 2. The molecule has 2 amide bonds. The van der Waals surface area contributed by atoms with E-state index in [2.05, 4.69) is 5.32 Å². The summed E-state index contributed by atoms with van der Waals surface area (Å²) in [4.78, 5) is 27.1. The third kappa shape index (κ3) is 5.19. The minimum Gasteiger partial charge on any atom is -0.355 e. The molecule has 2 rings (SSSR count). The van der Waals surface area contributed by atoms with Gasteiger partial charge in [-0.2, -0.15) is 0 Å². The first-order chi connectivity index (χ1) is 12.4. The van der Waals surface area contributed by atoms with Gasteiger partial charge in [0, 0.05) is 13.1 Å². The zero-order valence-electron chi connectivity index (χ0n) is 16.1. The molecule has 0 heterocycles. The monoisotopic (exact) mass is 352 g/mol. The minimum absolute atomic E-state index is 0.0405. The Hall–Kier alpha value is -2.62. The SMILES string of the molecule is CCNC(=O)C(C)N(Cc1ccccc1)C(=O)Cc1cc(C)ccc1C. The van der Waals surface area contributed by atoms with Crippen molar-refractivity contribution in [3.8, 4) is 0 Å². The molecule has 0 radical (unpaired) electrons. The van der Waals surface area contributed by atoms with E-state index >= 15 is 0 Å². The van der Waals surface area contributed by atoms with Crippen LogP contribution in [0.3, 0.4) is 0 Å². The second-order valence-electron chi connectivity index (χ2n) is 6.68. The van der Waals surface area contributed by atoms with Crippen LogP contribution in [0.1, 0.15) is 36.1 Å². The van der Waals surface area contributed by atoms with Crippen LogP contribution in [0.2, 0.25) is 0 Å². The topological polar surface area (TPSA) is 49.4 Å². The number of benzene rings is 2. The molecule has 0 aliphatic rings. The van der Waals surface area contributed by atoms with Crippen LogP contribution in [0, 0.1) is 13.8 Å². The highest BCUT2D eigenvalue weighted by Crippen LogP contribution is 2.16. The maximum absolute atomic E-state index is 13.1. The lowest BCUT2D eigenvalue weighted by Crippen LogP contribution is -2.48.